The molecule has 0 heterocycles. The Hall–Kier alpha value is -1.75. The van der Waals surface area contributed by atoms with Crippen molar-refractivity contribution in [2.45, 2.75) is 38.8 Å². The molecular weight excluding hydrogens is 292 g/mol. The second-order valence-corrected chi connectivity index (χ2v) is 5.56. The Morgan fingerprint density at radius 1 is 1.43 bits per heavy atom. The summed E-state index contributed by atoms with van der Waals surface area (Å²) < 4.78 is 0. The molecule has 0 saturated heterocycles. The highest BCUT2D eigenvalue weighted by Gasteiger charge is 2.12. The van der Waals surface area contributed by atoms with Crippen LogP contribution in [0.15, 0.2) is 24.3 Å². The number of halogens is 1. The first-order chi connectivity index (χ1) is 9.88. The van der Waals surface area contributed by atoms with Gasteiger partial charge in [0.1, 0.15) is 0 Å². The first-order valence-electron chi connectivity index (χ1n) is 6.86. The number of carboxylic acid groups (broad SMARTS) is 1. The van der Waals surface area contributed by atoms with Crippen molar-refractivity contribution in [3.05, 3.63) is 34.9 Å². The number of hydrogen-bond acceptors (Lipinski definition) is 2. The molecule has 0 aliphatic carbocycles. The van der Waals surface area contributed by atoms with Gasteiger partial charge in [-0.3, -0.25) is 4.79 Å². The lowest BCUT2D eigenvalue weighted by molar-refractivity contribution is -0.137. The van der Waals surface area contributed by atoms with E-state index in [1.54, 1.807) is 18.0 Å². The third-order valence-electron chi connectivity index (χ3n) is 3.05. The van der Waals surface area contributed by atoms with Crippen molar-refractivity contribution in [2.75, 3.05) is 7.05 Å². The van der Waals surface area contributed by atoms with Crippen LogP contribution in [0.3, 0.4) is 0 Å². The van der Waals surface area contributed by atoms with E-state index >= 15 is 0 Å². The first-order valence-corrected chi connectivity index (χ1v) is 7.24. The van der Waals surface area contributed by atoms with Gasteiger partial charge in [-0.15, -0.1) is 0 Å². The Balaban J connectivity index is 2.38. The van der Waals surface area contributed by atoms with Crippen LogP contribution in [0.2, 0.25) is 5.02 Å². The van der Waals surface area contributed by atoms with Crippen molar-refractivity contribution in [3.63, 3.8) is 0 Å². The highest BCUT2D eigenvalue weighted by molar-refractivity contribution is 6.30. The molecule has 21 heavy (non-hydrogen) atoms. The number of urea groups is 1. The van der Waals surface area contributed by atoms with Gasteiger partial charge in [-0.05, 0) is 37.5 Å². The summed E-state index contributed by atoms with van der Waals surface area (Å²) in [5.74, 6) is -0.813. The second-order valence-electron chi connectivity index (χ2n) is 5.12. The van der Waals surface area contributed by atoms with Gasteiger partial charge in [0, 0.05) is 31.1 Å². The summed E-state index contributed by atoms with van der Waals surface area (Å²) in [5, 5.41) is 12.1. The number of carboxylic acids is 1. The van der Waals surface area contributed by atoms with Gasteiger partial charge >= 0.3 is 12.0 Å². The summed E-state index contributed by atoms with van der Waals surface area (Å²) in [6.07, 6.45) is 1.32. The number of benzene rings is 1. The molecule has 1 aromatic rings. The SMILES string of the molecule is CC(CCCC(=O)O)NC(=O)N(C)Cc1cccc(Cl)c1. The Morgan fingerprint density at radius 3 is 2.76 bits per heavy atom. The summed E-state index contributed by atoms with van der Waals surface area (Å²) in [4.78, 5) is 24.0. The van der Waals surface area contributed by atoms with E-state index in [1.807, 2.05) is 25.1 Å². The zero-order valence-corrected chi connectivity index (χ0v) is 13.1. The number of carbonyl (C=O) groups excluding carboxylic acids is 1. The van der Waals surface area contributed by atoms with Gasteiger partial charge in [-0.2, -0.15) is 0 Å². The molecule has 1 unspecified atom stereocenters. The number of nitrogens with zero attached hydrogens (tertiary/aromatic N) is 1. The van der Waals surface area contributed by atoms with Crippen molar-refractivity contribution < 1.29 is 14.7 Å². The molecule has 5 nitrogen and oxygen atoms in total. The van der Waals surface area contributed by atoms with E-state index in [0.717, 1.165) is 5.56 Å². The van der Waals surface area contributed by atoms with Crippen molar-refractivity contribution >= 4 is 23.6 Å². The third kappa shape index (κ3) is 6.99. The number of hydrogen-bond donors (Lipinski definition) is 2. The summed E-state index contributed by atoms with van der Waals surface area (Å²) >= 11 is 5.91. The predicted octanol–water partition coefficient (Wildman–Crippen LogP) is 3.12. The molecule has 0 spiro atoms. The lowest BCUT2D eigenvalue weighted by Crippen LogP contribution is -2.41. The van der Waals surface area contributed by atoms with E-state index in [-0.39, 0.29) is 18.5 Å². The molecule has 1 aromatic carbocycles. The van der Waals surface area contributed by atoms with Gasteiger partial charge in [0.05, 0.1) is 0 Å². The fraction of sp³-hybridized carbons (Fsp3) is 0.467. The Morgan fingerprint density at radius 2 is 2.14 bits per heavy atom. The molecule has 6 heteroatoms. The summed E-state index contributed by atoms with van der Waals surface area (Å²) in [6.45, 7) is 2.33. The molecule has 0 aromatic heterocycles. The zero-order chi connectivity index (χ0) is 15.8. The fourth-order valence-corrected chi connectivity index (χ4v) is 2.15. The van der Waals surface area contributed by atoms with Crippen LogP contribution in [0.25, 0.3) is 0 Å². The van der Waals surface area contributed by atoms with Gasteiger partial charge < -0.3 is 15.3 Å². The minimum absolute atomic E-state index is 0.0568. The van der Waals surface area contributed by atoms with Crippen LogP contribution in [0, 0.1) is 0 Å². The molecule has 0 radical (unpaired) electrons. The van der Waals surface area contributed by atoms with Crippen LogP contribution < -0.4 is 5.32 Å². The van der Waals surface area contributed by atoms with Gasteiger partial charge in [0.15, 0.2) is 0 Å². The first kappa shape index (κ1) is 17.3. The maximum Gasteiger partial charge on any atom is 0.317 e. The summed E-state index contributed by atoms with van der Waals surface area (Å²) in [6, 6.07) is 7.12. The van der Waals surface area contributed by atoms with E-state index in [4.69, 9.17) is 16.7 Å². The van der Waals surface area contributed by atoms with Crippen LogP contribution in [0.4, 0.5) is 4.79 Å². The monoisotopic (exact) mass is 312 g/mol. The summed E-state index contributed by atoms with van der Waals surface area (Å²) in [7, 11) is 1.71. The largest absolute Gasteiger partial charge is 0.481 e. The number of amides is 2. The van der Waals surface area contributed by atoms with Crippen LogP contribution >= 0.6 is 11.6 Å². The standard InChI is InChI=1S/C15H21ClN2O3/c1-11(5-3-8-14(19)20)17-15(21)18(2)10-12-6-4-7-13(16)9-12/h4,6-7,9,11H,3,5,8,10H2,1-2H3,(H,17,21)(H,19,20). The highest BCUT2D eigenvalue weighted by atomic mass is 35.5. The number of aliphatic carboxylic acids is 1. The van der Waals surface area contributed by atoms with Crippen molar-refractivity contribution in [1.29, 1.82) is 0 Å². The van der Waals surface area contributed by atoms with Gasteiger partial charge in [0.2, 0.25) is 0 Å². The normalized spacial score (nSPS) is 11.8. The molecule has 0 bridgehead atoms. The molecule has 0 saturated carbocycles. The maximum atomic E-state index is 12.0. The van der Waals surface area contributed by atoms with Crippen molar-refractivity contribution in [2.24, 2.45) is 0 Å². The molecular formula is C15H21ClN2O3. The second kappa shape index (κ2) is 8.52. The van der Waals surface area contributed by atoms with E-state index < -0.39 is 5.97 Å². The van der Waals surface area contributed by atoms with Gasteiger partial charge in [-0.1, -0.05) is 23.7 Å². The lowest BCUT2D eigenvalue weighted by atomic mass is 10.1. The van der Waals surface area contributed by atoms with Crippen LogP contribution in [-0.4, -0.2) is 35.1 Å². The average molecular weight is 313 g/mol. The molecule has 1 atom stereocenters. The topological polar surface area (TPSA) is 69.6 Å². The smallest absolute Gasteiger partial charge is 0.317 e. The molecule has 116 valence electrons. The van der Waals surface area contributed by atoms with Gasteiger partial charge in [0.25, 0.3) is 0 Å². The Bertz CT molecular complexity index is 494. The number of carbonyl (C=O) groups is 2. The van der Waals surface area contributed by atoms with Crippen LogP contribution in [0.5, 0.6) is 0 Å². The van der Waals surface area contributed by atoms with Gasteiger partial charge in [-0.25, -0.2) is 4.79 Å². The minimum atomic E-state index is -0.813. The third-order valence-corrected chi connectivity index (χ3v) is 3.29. The Kier molecular flexibility index (Phi) is 7.02. The molecule has 1 rings (SSSR count). The van der Waals surface area contributed by atoms with E-state index in [0.29, 0.717) is 24.4 Å². The molecule has 0 aliphatic rings. The number of nitrogens with one attached hydrogen (secondary N) is 1. The van der Waals surface area contributed by atoms with E-state index in [2.05, 4.69) is 5.32 Å². The van der Waals surface area contributed by atoms with Crippen molar-refractivity contribution in [1.82, 2.24) is 10.2 Å². The molecule has 0 fully saturated rings. The van der Waals surface area contributed by atoms with E-state index in [1.165, 1.54) is 0 Å². The molecule has 2 amide bonds. The summed E-state index contributed by atoms with van der Waals surface area (Å²) in [5.41, 5.74) is 0.957. The minimum Gasteiger partial charge on any atom is -0.481 e. The van der Waals surface area contributed by atoms with Crippen molar-refractivity contribution in [3.8, 4) is 0 Å². The quantitative estimate of drug-likeness (QED) is 0.812. The maximum absolute atomic E-state index is 12.0. The average Bonchev–Trinajstić information content (AvgIpc) is 2.38. The highest BCUT2D eigenvalue weighted by Crippen LogP contribution is 2.12. The molecule has 2 N–H and O–H groups in total. The van der Waals surface area contributed by atoms with Crippen LogP contribution in [0.1, 0.15) is 31.7 Å². The lowest BCUT2D eigenvalue weighted by Gasteiger charge is -2.21. The zero-order valence-electron chi connectivity index (χ0n) is 12.3. The number of rotatable bonds is 7. The predicted molar refractivity (Wildman–Crippen MR) is 82.4 cm³/mol. The molecule has 0 aliphatic heterocycles. The Labute approximate surface area is 129 Å². The fourth-order valence-electron chi connectivity index (χ4n) is 1.93. The van der Waals surface area contributed by atoms with Crippen LogP contribution in [-0.2, 0) is 11.3 Å². The van der Waals surface area contributed by atoms with E-state index in [9.17, 15) is 9.59 Å².